The second-order valence-corrected chi connectivity index (χ2v) is 7.32. The summed E-state index contributed by atoms with van der Waals surface area (Å²) in [5.74, 6) is -0.237. The number of nitrogens with zero attached hydrogens (tertiary/aromatic N) is 5. The van der Waals surface area contributed by atoms with Crippen LogP contribution in [0.25, 0.3) is 5.65 Å². The number of halogens is 3. The Balaban J connectivity index is 1.59. The first-order valence-electron chi connectivity index (χ1n) is 9.51. The van der Waals surface area contributed by atoms with Crippen LogP contribution in [0.3, 0.4) is 0 Å². The van der Waals surface area contributed by atoms with Gasteiger partial charge in [0.15, 0.2) is 11.3 Å². The van der Waals surface area contributed by atoms with E-state index >= 15 is 0 Å². The number of nitrogens with two attached hydrogens (primary N) is 1. The summed E-state index contributed by atoms with van der Waals surface area (Å²) < 4.78 is 41.8. The van der Waals surface area contributed by atoms with E-state index in [1.54, 1.807) is 12.3 Å². The first-order valence-corrected chi connectivity index (χ1v) is 9.51. The maximum Gasteiger partial charge on any atom is 0.435 e. The predicted octanol–water partition coefficient (Wildman–Crippen LogP) is 2.42. The summed E-state index contributed by atoms with van der Waals surface area (Å²) in [6.07, 6.45) is 3.18. The lowest BCUT2D eigenvalue weighted by Crippen LogP contribution is -2.42. The summed E-state index contributed by atoms with van der Waals surface area (Å²) >= 11 is 0. The Labute approximate surface area is 169 Å². The molecule has 3 heterocycles. The summed E-state index contributed by atoms with van der Waals surface area (Å²) in [6, 6.07) is 1.79. The van der Waals surface area contributed by atoms with Gasteiger partial charge in [-0.3, -0.25) is 9.48 Å². The van der Waals surface area contributed by atoms with Crippen LogP contribution >= 0.6 is 0 Å². The van der Waals surface area contributed by atoms with Crippen molar-refractivity contribution in [1.29, 1.82) is 0 Å². The fourth-order valence-electron chi connectivity index (χ4n) is 3.69. The molecular formula is C18H21F3N8O. The van der Waals surface area contributed by atoms with Crippen molar-refractivity contribution in [2.45, 2.75) is 43.9 Å². The first kappa shape index (κ1) is 20.1. The molecule has 1 fully saturated rings. The Bertz CT molecular complexity index is 1070. The molecule has 3 aromatic heterocycles. The van der Waals surface area contributed by atoms with Gasteiger partial charge in [0, 0.05) is 25.3 Å². The Morgan fingerprint density at radius 3 is 2.73 bits per heavy atom. The van der Waals surface area contributed by atoms with Crippen molar-refractivity contribution >= 4 is 23.1 Å². The number of alkyl halides is 3. The number of amides is 1. The highest BCUT2D eigenvalue weighted by molar-refractivity contribution is 6.08. The highest BCUT2D eigenvalue weighted by Crippen LogP contribution is 2.34. The average Bonchev–Trinajstić information content (AvgIpc) is 3.26. The van der Waals surface area contributed by atoms with E-state index in [0.717, 1.165) is 38.9 Å². The summed E-state index contributed by atoms with van der Waals surface area (Å²) in [5.41, 5.74) is 4.95. The maximum absolute atomic E-state index is 13.2. The molecule has 0 radical (unpaired) electrons. The minimum Gasteiger partial charge on any atom is -0.366 e. The summed E-state index contributed by atoms with van der Waals surface area (Å²) in [6.45, 7) is 0. The van der Waals surface area contributed by atoms with E-state index in [9.17, 15) is 18.0 Å². The van der Waals surface area contributed by atoms with Crippen molar-refractivity contribution in [2.24, 2.45) is 12.8 Å². The minimum absolute atomic E-state index is 0.0100. The third-order valence-electron chi connectivity index (χ3n) is 5.22. The number of hydrogen-bond donors (Lipinski definition) is 3. The van der Waals surface area contributed by atoms with Crippen molar-refractivity contribution in [3.8, 4) is 0 Å². The molecule has 0 aromatic carbocycles. The fraction of sp³-hybridized carbons (Fsp3) is 0.444. The molecule has 0 unspecified atom stereocenters. The van der Waals surface area contributed by atoms with Gasteiger partial charge in [0.2, 0.25) is 0 Å². The zero-order chi connectivity index (χ0) is 21.5. The van der Waals surface area contributed by atoms with Gasteiger partial charge in [-0.1, -0.05) is 12.8 Å². The topological polar surface area (TPSA) is 115 Å². The van der Waals surface area contributed by atoms with Gasteiger partial charge >= 0.3 is 6.18 Å². The smallest absolute Gasteiger partial charge is 0.366 e. The van der Waals surface area contributed by atoms with Crippen LogP contribution in [0.15, 0.2) is 24.7 Å². The highest BCUT2D eigenvalue weighted by atomic mass is 19.4. The molecule has 1 saturated carbocycles. The van der Waals surface area contributed by atoms with Gasteiger partial charge in [-0.25, -0.2) is 9.50 Å². The molecule has 0 aliphatic heterocycles. The summed E-state index contributed by atoms with van der Waals surface area (Å²) in [7, 11) is 1.16. The van der Waals surface area contributed by atoms with Gasteiger partial charge in [0.25, 0.3) is 5.91 Å². The van der Waals surface area contributed by atoms with Gasteiger partial charge < -0.3 is 16.4 Å². The lowest BCUT2D eigenvalue weighted by atomic mass is 9.91. The van der Waals surface area contributed by atoms with E-state index in [4.69, 9.17) is 5.73 Å². The SMILES string of the molecule is Cn1ncc(NC(=O)c2cnn3ccc(N[C@@H]4CCCC[C@@H]4N)nc23)c1C(F)(F)F. The van der Waals surface area contributed by atoms with Crippen LogP contribution in [-0.2, 0) is 13.2 Å². The molecule has 30 heavy (non-hydrogen) atoms. The maximum atomic E-state index is 13.2. The van der Waals surface area contributed by atoms with Gasteiger partial charge in [-0.2, -0.15) is 23.4 Å². The van der Waals surface area contributed by atoms with Crippen LogP contribution in [-0.4, -0.2) is 42.4 Å². The van der Waals surface area contributed by atoms with Crippen LogP contribution in [0.2, 0.25) is 0 Å². The van der Waals surface area contributed by atoms with Crippen molar-refractivity contribution in [1.82, 2.24) is 24.4 Å². The van der Waals surface area contributed by atoms with Crippen molar-refractivity contribution in [3.05, 3.63) is 35.9 Å². The number of anilines is 2. The lowest BCUT2D eigenvalue weighted by molar-refractivity contribution is -0.143. The molecule has 1 amide bonds. The Hall–Kier alpha value is -3.15. The molecule has 0 bridgehead atoms. The van der Waals surface area contributed by atoms with E-state index in [1.165, 1.54) is 10.7 Å². The molecule has 3 aromatic rings. The molecule has 0 spiro atoms. The molecular weight excluding hydrogens is 401 g/mol. The number of rotatable bonds is 4. The summed E-state index contributed by atoms with van der Waals surface area (Å²) in [5, 5.41) is 13.2. The standard InChI is InChI=1S/C18H21F3N8O/c1-28-15(18(19,20)21)13(9-23-28)26-17(30)10-8-24-29-7-6-14(27-16(10)29)25-12-5-3-2-4-11(12)22/h6-9,11-12H,2-5,22H2,1H3,(H,25,27)(H,26,30)/t11-,12+/m0/s1. The van der Waals surface area contributed by atoms with Crippen molar-refractivity contribution in [2.75, 3.05) is 10.6 Å². The van der Waals surface area contributed by atoms with Crippen molar-refractivity contribution in [3.63, 3.8) is 0 Å². The van der Waals surface area contributed by atoms with E-state index in [1.807, 2.05) is 0 Å². The quantitative estimate of drug-likeness (QED) is 0.595. The second-order valence-electron chi connectivity index (χ2n) is 7.32. The Morgan fingerprint density at radius 2 is 2.00 bits per heavy atom. The first-order chi connectivity index (χ1) is 14.2. The van der Waals surface area contributed by atoms with E-state index in [0.29, 0.717) is 10.5 Å². The number of fused-ring (bicyclic) bond motifs is 1. The van der Waals surface area contributed by atoms with Crippen LogP contribution < -0.4 is 16.4 Å². The third kappa shape index (κ3) is 3.82. The average molecular weight is 422 g/mol. The molecule has 12 heteroatoms. The Kier molecular flexibility index (Phi) is 5.10. The molecule has 4 N–H and O–H groups in total. The molecule has 0 saturated heterocycles. The van der Waals surface area contributed by atoms with Crippen LogP contribution in [0.1, 0.15) is 41.7 Å². The molecule has 160 valence electrons. The number of hydrogen-bond acceptors (Lipinski definition) is 6. The normalized spacial score (nSPS) is 19.8. The van der Waals surface area contributed by atoms with E-state index in [2.05, 4.69) is 25.8 Å². The molecule has 1 aliphatic carbocycles. The van der Waals surface area contributed by atoms with Gasteiger partial charge in [-0.15, -0.1) is 0 Å². The number of carbonyl (C=O) groups excluding carboxylic acids is 1. The highest BCUT2D eigenvalue weighted by Gasteiger charge is 2.38. The number of aromatic nitrogens is 5. The monoisotopic (exact) mass is 422 g/mol. The zero-order valence-corrected chi connectivity index (χ0v) is 16.1. The predicted molar refractivity (Wildman–Crippen MR) is 103 cm³/mol. The van der Waals surface area contributed by atoms with Crippen LogP contribution in [0.5, 0.6) is 0 Å². The van der Waals surface area contributed by atoms with Crippen LogP contribution in [0, 0.1) is 0 Å². The Morgan fingerprint density at radius 1 is 1.23 bits per heavy atom. The minimum atomic E-state index is -4.66. The summed E-state index contributed by atoms with van der Waals surface area (Å²) in [4.78, 5) is 17.1. The fourth-order valence-corrected chi connectivity index (χ4v) is 3.69. The number of nitrogens with one attached hydrogen (secondary N) is 2. The largest absolute Gasteiger partial charge is 0.435 e. The van der Waals surface area contributed by atoms with Gasteiger partial charge in [0.05, 0.1) is 18.1 Å². The number of aryl methyl sites for hydroxylation is 1. The second kappa shape index (κ2) is 7.59. The molecule has 2 atom stereocenters. The lowest BCUT2D eigenvalue weighted by Gasteiger charge is -2.29. The third-order valence-corrected chi connectivity index (χ3v) is 5.22. The van der Waals surface area contributed by atoms with E-state index < -0.39 is 23.5 Å². The zero-order valence-electron chi connectivity index (χ0n) is 16.1. The van der Waals surface area contributed by atoms with E-state index in [-0.39, 0.29) is 23.3 Å². The number of carbonyl (C=O) groups is 1. The van der Waals surface area contributed by atoms with Gasteiger partial charge in [-0.05, 0) is 18.9 Å². The molecule has 1 aliphatic rings. The molecule has 9 nitrogen and oxygen atoms in total. The molecule has 4 rings (SSSR count). The van der Waals surface area contributed by atoms with Gasteiger partial charge in [0.1, 0.15) is 11.4 Å². The van der Waals surface area contributed by atoms with Crippen molar-refractivity contribution < 1.29 is 18.0 Å². The van der Waals surface area contributed by atoms with Crippen LogP contribution in [0.4, 0.5) is 24.7 Å².